The molecule has 1 saturated heterocycles. The van der Waals surface area contributed by atoms with E-state index in [1.165, 1.54) is 0 Å². The van der Waals surface area contributed by atoms with Gasteiger partial charge in [0.2, 0.25) is 17.7 Å². The normalized spacial score (nSPS) is 16.2. The molecule has 2 aromatic rings. The van der Waals surface area contributed by atoms with Gasteiger partial charge in [0.1, 0.15) is 6.04 Å². The maximum Gasteiger partial charge on any atom is 0.264 e. The molecule has 1 atom stereocenters. The number of nitrogens with one attached hydrogen (secondary N) is 2. The minimum Gasteiger partial charge on any atom is -0.383 e. The molecule has 2 aromatic carbocycles. The fraction of sp³-hybridized carbons (Fsp3) is 0.419. The van der Waals surface area contributed by atoms with Crippen LogP contribution in [0.3, 0.4) is 0 Å². The zero-order valence-corrected chi connectivity index (χ0v) is 24.7. The zero-order valence-electron chi connectivity index (χ0n) is 24.7. The second-order valence-corrected chi connectivity index (χ2v) is 11.1. The standard InChI is InChI=1S/C31H38N6O7/c1-35(19-20-11-13-21(14-12-20)37(44)27(40)10-5-3-2-4-9-25(32)38)18-17-33-23-8-6-7-22-28(23)31(43)36(30(22)42)24-15-16-26(39)34-29(24)41/h6-8,11-14,24,33,44H,2-5,9-10,15-19H2,1H3,(H2,32,38)(H,34,39,41). The van der Waals surface area contributed by atoms with Crippen LogP contribution in [-0.4, -0.2) is 76.6 Å². The summed E-state index contributed by atoms with van der Waals surface area (Å²) in [6.07, 6.45) is 3.56. The fourth-order valence-electron chi connectivity index (χ4n) is 5.36. The molecule has 234 valence electrons. The molecule has 2 heterocycles. The maximum atomic E-state index is 13.3. The van der Waals surface area contributed by atoms with Gasteiger partial charge in [0, 0.05) is 44.6 Å². The van der Waals surface area contributed by atoms with Gasteiger partial charge in [0.05, 0.1) is 16.8 Å². The fourth-order valence-corrected chi connectivity index (χ4v) is 5.36. The number of hydrogen-bond donors (Lipinski definition) is 4. The Hall–Kier alpha value is -4.62. The Balaban J connectivity index is 1.24. The average Bonchev–Trinajstić information content (AvgIpc) is 3.24. The molecule has 0 aliphatic carbocycles. The number of hydroxylamine groups is 1. The monoisotopic (exact) mass is 606 g/mol. The van der Waals surface area contributed by atoms with Gasteiger partial charge in [-0.25, -0.2) is 0 Å². The van der Waals surface area contributed by atoms with Gasteiger partial charge in [-0.1, -0.05) is 31.0 Å². The number of rotatable bonds is 15. The Morgan fingerprint density at radius 2 is 1.70 bits per heavy atom. The summed E-state index contributed by atoms with van der Waals surface area (Å²) >= 11 is 0. The van der Waals surface area contributed by atoms with Crippen molar-refractivity contribution in [3.8, 4) is 0 Å². The third kappa shape index (κ3) is 7.85. The van der Waals surface area contributed by atoms with Gasteiger partial charge in [-0.15, -0.1) is 0 Å². The highest BCUT2D eigenvalue weighted by Crippen LogP contribution is 2.32. The molecule has 0 bridgehead atoms. The molecule has 4 rings (SSSR count). The lowest BCUT2D eigenvalue weighted by Crippen LogP contribution is -2.54. The molecular weight excluding hydrogens is 568 g/mol. The van der Waals surface area contributed by atoms with Crippen LogP contribution < -0.4 is 21.4 Å². The maximum absolute atomic E-state index is 13.3. The number of piperidine rings is 1. The highest BCUT2D eigenvalue weighted by Gasteiger charge is 2.45. The minimum atomic E-state index is -1.02. The van der Waals surface area contributed by atoms with Crippen molar-refractivity contribution >= 4 is 46.8 Å². The number of nitrogens with two attached hydrogens (primary N) is 1. The Kier molecular flexibility index (Phi) is 10.8. The number of amides is 6. The zero-order chi connectivity index (χ0) is 31.8. The summed E-state index contributed by atoms with van der Waals surface area (Å²) in [6.45, 7) is 1.64. The van der Waals surface area contributed by atoms with Crippen molar-refractivity contribution < 1.29 is 34.0 Å². The first-order chi connectivity index (χ1) is 21.1. The Morgan fingerprint density at radius 1 is 1.00 bits per heavy atom. The molecule has 1 fully saturated rings. The van der Waals surface area contributed by atoms with Crippen molar-refractivity contribution in [3.63, 3.8) is 0 Å². The molecule has 44 heavy (non-hydrogen) atoms. The number of fused-ring (bicyclic) bond motifs is 1. The number of benzene rings is 2. The van der Waals surface area contributed by atoms with E-state index in [0.717, 1.165) is 23.3 Å². The van der Waals surface area contributed by atoms with Crippen molar-refractivity contribution in [2.75, 3.05) is 30.5 Å². The van der Waals surface area contributed by atoms with Crippen LogP contribution in [0.5, 0.6) is 0 Å². The number of hydrogen-bond acceptors (Lipinski definition) is 9. The summed E-state index contributed by atoms with van der Waals surface area (Å²) in [7, 11) is 1.93. The van der Waals surface area contributed by atoms with Crippen LogP contribution in [0.4, 0.5) is 11.4 Å². The molecule has 0 radical (unpaired) electrons. The van der Waals surface area contributed by atoms with Gasteiger partial charge in [-0.3, -0.25) is 44.2 Å². The molecule has 13 heteroatoms. The van der Waals surface area contributed by atoms with E-state index in [-0.39, 0.29) is 36.3 Å². The number of carbonyl (C=O) groups is 6. The van der Waals surface area contributed by atoms with E-state index in [2.05, 4.69) is 10.6 Å². The summed E-state index contributed by atoms with van der Waals surface area (Å²) in [5.74, 6) is -2.92. The molecule has 5 N–H and O–H groups in total. The third-order valence-electron chi connectivity index (χ3n) is 7.71. The number of imide groups is 2. The van der Waals surface area contributed by atoms with E-state index >= 15 is 0 Å². The SMILES string of the molecule is CN(CCNc1cccc2c1C(=O)N(C1CCC(=O)NC1=O)C2=O)Cc1ccc(N(O)C(=O)CCCCCCC(N)=O)cc1. The van der Waals surface area contributed by atoms with E-state index in [0.29, 0.717) is 55.3 Å². The highest BCUT2D eigenvalue weighted by atomic mass is 16.5. The number of carbonyl (C=O) groups excluding carboxylic acids is 6. The van der Waals surface area contributed by atoms with Crippen molar-refractivity contribution in [2.45, 2.75) is 64.0 Å². The van der Waals surface area contributed by atoms with Crippen LogP contribution in [-0.2, 0) is 25.7 Å². The first kappa shape index (κ1) is 32.3. The number of nitrogens with zero attached hydrogens (tertiary/aromatic N) is 3. The van der Waals surface area contributed by atoms with Gasteiger partial charge < -0.3 is 16.0 Å². The van der Waals surface area contributed by atoms with Crippen LogP contribution in [0, 0.1) is 0 Å². The van der Waals surface area contributed by atoms with Gasteiger partial charge in [0.25, 0.3) is 17.7 Å². The van der Waals surface area contributed by atoms with Crippen molar-refractivity contribution in [1.82, 2.24) is 15.1 Å². The number of likely N-dealkylation sites (N-methyl/N-ethyl adjacent to an activating group) is 1. The number of anilines is 2. The lowest BCUT2D eigenvalue weighted by Gasteiger charge is -2.27. The largest absolute Gasteiger partial charge is 0.383 e. The van der Waals surface area contributed by atoms with Gasteiger partial charge in [0.15, 0.2) is 0 Å². The quantitative estimate of drug-likeness (QED) is 0.102. The summed E-state index contributed by atoms with van der Waals surface area (Å²) in [5, 5.41) is 16.4. The molecular formula is C31H38N6O7. The number of unbranched alkanes of at least 4 members (excludes halogenated alkanes) is 3. The summed E-state index contributed by atoms with van der Waals surface area (Å²) in [5.41, 5.74) is 7.38. The summed E-state index contributed by atoms with van der Waals surface area (Å²) in [6, 6.07) is 10.9. The van der Waals surface area contributed by atoms with Crippen LogP contribution in [0.25, 0.3) is 0 Å². The predicted molar refractivity (Wildman–Crippen MR) is 161 cm³/mol. The van der Waals surface area contributed by atoms with Gasteiger partial charge in [-0.2, -0.15) is 5.06 Å². The first-order valence-electron chi connectivity index (χ1n) is 14.7. The molecule has 6 amide bonds. The first-order valence-corrected chi connectivity index (χ1v) is 14.7. The van der Waals surface area contributed by atoms with Gasteiger partial charge in [-0.05, 0) is 56.1 Å². The Morgan fingerprint density at radius 3 is 2.39 bits per heavy atom. The Bertz CT molecular complexity index is 1430. The van der Waals surface area contributed by atoms with Crippen LogP contribution in [0.15, 0.2) is 42.5 Å². The molecule has 13 nitrogen and oxygen atoms in total. The van der Waals surface area contributed by atoms with Gasteiger partial charge >= 0.3 is 0 Å². The summed E-state index contributed by atoms with van der Waals surface area (Å²) in [4.78, 5) is 76.2. The van der Waals surface area contributed by atoms with E-state index in [1.807, 2.05) is 24.1 Å². The molecule has 0 aromatic heterocycles. The smallest absolute Gasteiger partial charge is 0.264 e. The molecule has 0 saturated carbocycles. The minimum absolute atomic E-state index is 0.0577. The van der Waals surface area contributed by atoms with Crippen molar-refractivity contribution in [2.24, 2.45) is 5.73 Å². The van der Waals surface area contributed by atoms with Crippen LogP contribution in [0.2, 0.25) is 0 Å². The average molecular weight is 607 g/mol. The van der Waals surface area contributed by atoms with Crippen LogP contribution >= 0.6 is 0 Å². The van der Waals surface area contributed by atoms with Crippen molar-refractivity contribution in [1.29, 1.82) is 0 Å². The van der Waals surface area contributed by atoms with Crippen LogP contribution in [0.1, 0.15) is 77.6 Å². The second kappa shape index (κ2) is 14.7. The van der Waals surface area contributed by atoms with Crippen molar-refractivity contribution in [3.05, 3.63) is 59.2 Å². The third-order valence-corrected chi connectivity index (χ3v) is 7.71. The molecule has 1 unspecified atom stereocenters. The molecule has 2 aliphatic rings. The molecule has 2 aliphatic heterocycles. The lowest BCUT2D eigenvalue weighted by atomic mass is 10.0. The number of primary amides is 1. The molecule has 0 spiro atoms. The van der Waals surface area contributed by atoms with E-state index in [1.54, 1.807) is 30.3 Å². The predicted octanol–water partition coefficient (Wildman–Crippen LogP) is 2.18. The Labute approximate surface area is 255 Å². The van der Waals surface area contributed by atoms with E-state index < -0.39 is 35.6 Å². The topological polar surface area (TPSA) is 182 Å². The van der Waals surface area contributed by atoms with E-state index in [9.17, 15) is 34.0 Å². The van der Waals surface area contributed by atoms with E-state index in [4.69, 9.17) is 5.73 Å². The highest BCUT2D eigenvalue weighted by molar-refractivity contribution is 6.25. The summed E-state index contributed by atoms with van der Waals surface area (Å²) < 4.78 is 0. The second-order valence-electron chi connectivity index (χ2n) is 11.1. The lowest BCUT2D eigenvalue weighted by molar-refractivity contribution is -0.136.